The Morgan fingerprint density at radius 2 is 1.75 bits per heavy atom. The van der Waals surface area contributed by atoms with Gasteiger partial charge in [-0.1, -0.05) is 29.4 Å². The van der Waals surface area contributed by atoms with Crippen molar-refractivity contribution in [1.82, 2.24) is 14.7 Å². The van der Waals surface area contributed by atoms with Crippen LogP contribution in [0.15, 0.2) is 52.3 Å². The normalized spacial score (nSPS) is 17.3. The van der Waals surface area contributed by atoms with Gasteiger partial charge in [0, 0.05) is 63.1 Å². The van der Waals surface area contributed by atoms with E-state index in [0.29, 0.717) is 42.7 Å². The van der Waals surface area contributed by atoms with Crippen LogP contribution in [0.4, 0.5) is 0 Å². The van der Waals surface area contributed by atoms with Crippen LogP contribution in [0, 0.1) is 0 Å². The summed E-state index contributed by atoms with van der Waals surface area (Å²) >= 11 is 8.01. The molecule has 2 aromatic rings. The Kier molecular flexibility index (Phi) is 8.11. The summed E-state index contributed by atoms with van der Waals surface area (Å²) < 4.78 is 11.6. The van der Waals surface area contributed by atoms with Crippen LogP contribution in [0.5, 0.6) is 11.5 Å². The molecule has 2 aromatic carbocycles. The molecule has 4 rings (SSSR count). The summed E-state index contributed by atoms with van der Waals surface area (Å²) in [4.78, 5) is 42.8. The maximum atomic E-state index is 12.5. The van der Waals surface area contributed by atoms with E-state index in [0.717, 1.165) is 15.4 Å². The van der Waals surface area contributed by atoms with E-state index in [1.54, 1.807) is 43.0 Å². The number of ether oxygens (including phenoxy) is 2. The molecule has 2 aliphatic rings. The smallest absolute Gasteiger partial charge is 0.266 e. The lowest BCUT2D eigenvalue weighted by atomic mass is 10.2. The molecule has 1 fully saturated rings. The molecule has 0 spiro atoms. The number of piperazine rings is 1. The van der Waals surface area contributed by atoms with Crippen LogP contribution in [-0.4, -0.2) is 85.4 Å². The fraction of sp³-hybridized carbons (Fsp3) is 0.346. The molecule has 3 amide bonds. The largest absolute Gasteiger partial charge is 0.485 e. The Morgan fingerprint density at radius 3 is 2.42 bits per heavy atom. The number of fused-ring (bicyclic) bond motifs is 1. The van der Waals surface area contributed by atoms with Gasteiger partial charge in [-0.2, -0.15) is 0 Å². The third kappa shape index (κ3) is 6.14. The minimum atomic E-state index is -0.655. The Hall–Kier alpha value is -3.17. The number of carbonyl (C=O) groups excluding carboxylic acids is 3. The first kappa shape index (κ1) is 25.9. The molecule has 0 saturated carbocycles. The molecular weight excluding hydrogens is 502 g/mol. The highest BCUT2D eigenvalue weighted by molar-refractivity contribution is 7.99. The molecule has 0 bridgehead atoms. The lowest BCUT2D eigenvalue weighted by Crippen LogP contribution is -2.49. The maximum Gasteiger partial charge on any atom is 0.266 e. The molecule has 0 aliphatic carbocycles. The third-order valence-electron chi connectivity index (χ3n) is 5.93. The highest BCUT2D eigenvalue weighted by Crippen LogP contribution is 2.40. The Balaban J connectivity index is 1.36. The van der Waals surface area contributed by atoms with Crippen molar-refractivity contribution in [1.29, 1.82) is 0 Å². The van der Waals surface area contributed by atoms with E-state index >= 15 is 0 Å². The number of nitrogens with zero attached hydrogens (tertiary/aromatic N) is 3. The van der Waals surface area contributed by atoms with Crippen molar-refractivity contribution in [2.75, 3.05) is 46.9 Å². The number of carbonyl (C=O) groups is 3. The van der Waals surface area contributed by atoms with Crippen LogP contribution in [0.3, 0.4) is 0 Å². The second-order valence-electron chi connectivity index (χ2n) is 8.72. The van der Waals surface area contributed by atoms with Gasteiger partial charge in [0.15, 0.2) is 11.5 Å². The first-order chi connectivity index (χ1) is 17.2. The van der Waals surface area contributed by atoms with Crippen LogP contribution in [0.25, 0.3) is 6.08 Å². The van der Waals surface area contributed by atoms with E-state index in [1.807, 2.05) is 30.3 Å². The van der Waals surface area contributed by atoms with E-state index < -0.39 is 6.10 Å². The summed E-state index contributed by atoms with van der Waals surface area (Å²) in [6.45, 7) is 3.87. The number of amides is 3. The van der Waals surface area contributed by atoms with Gasteiger partial charge in [0.2, 0.25) is 17.9 Å². The zero-order valence-corrected chi connectivity index (χ0v) is 22.0. The number of hydrogen-bond acceptors (Lipinski definition) is 6. The highest BCUT2D eigenvalue weighted by Gasteiger charge is 2.29. The van der Waals surface area contributed by atoms with Crippen molar-refractivity contribution in [2.24, 2.45) is 0 Å². The molecule has 8 nitrogen and oxygen atoms in total. The van der Waals surface area contributed by atoms with E-state index in [2.05, 4.69) is 0 Å². The molecule has 36 heavy (non-hydrogen) atoms. The van der Waals surface area contributed by atoms with Gasteiger partial charge in [-0.15, -0.1) is 0 Å². The van der Waals surface area contributed by atoms with Crippen molar-refractivity contribution in [3.8, 4) is 11.5 Å². The molecule has 10 heteroatoms. The minimum Gasteiger partial charge on any atom is -0.485 e. The van der Waals surface area contributed by atoms with Gasteiger partial charge >= 0.3 is 0 Å². The molecule has 0 N–H and O–H groups in total. The summed E-state index contributed by atoms with van der Waals surface area (Å²) in [6, 6.07) is 11.2. The molecule has 0 radical (unpaired) electrons. The van der Waals surface area contributed by atoms with Gasteiger partial charge < -0.3 is 24.2 Å². The van der Waals surface area contributed by atoms with Gasteiger partial charge in [0.25, 0.3) is 5.91 Å². The summed E-state index contributed by atoms with van der Waals surface area (Å²) in [6.07, 6.45) is 2.63. The van der Waals surface area contributed by atoms with Gasteiger partial charge in [0.05, 0.1) is 5.02 Å². The Labute approximate surface area is 219 Å². The van der Waals surface area contributed by atoms with Crippen LogP contribution < -0.4 is 9.47 Å². The zero-order valence-electron chi connectivity index (χ0n) is 20.4. The first-order valence-corrected chi connectivity index (χ1v) is 12.8. The third-order valence-corrected chi connectivity index (χ3v) is 7.42. The lowest BCUT2D eigenvalue weighted by molar-refractivity contribution is -0.138. The van der Waals surface area contributed by atoms with Crippen LogP contribution >= 0.6 is 23.4 Å². The monoisotopic (exact) mass is 529 g/mol. The summed E-state index contributed by atoms with van der Waals surface area (Å²) in [7, 11) is 3.37. The maximum absolute atomic E-state index is 12.5. The zero-order chi connectivity index (χ0) is 25.8. The minimum absolute atomic E-state index is 0.0339. The van der Waals surface area contributed by atoms with E-state index in [4.69, 9.17) is 21.1 Å². The van der Waals surface area contributed by atoms with Crippen molar-refractivity contribution in [3.63, 3.8) is 0 Å². The summed E-state index contributed by atoms with van der Waals surface area (Å²) in [5, 5.41) is 0.566. The molecule has 1 unspecified atom stereocenters. The fourth-order valence-corrected chi connectivity index (χ4v) is 5.02. The lowest BCUT2D eigenvalue weighted by Gasteiger charge is -2.33. The number of rotatable bonds is 5. The first-order valence-electron chi connectivity index (χ1n) is 11.6. The molecule has 2 heterocycles. The standard InChI is InChI=1S/C26H28ClN3O5S/c1-17(31)29-10-12-30(13-11-29)25(32)9-5-18-4-8-24(20(27)14-18)36-19-6-7-21-22(15-19)34-16-23(35-21)26(33)28(2)3/h4-9,14-15,23H,10-13,16H2,1-3H3/b9-5+. The molecule has 1 atom stereocenters. The molecule has 1 saturated heterocycles. The second-order valence-corrected chi connectivity index (χ2v) is 10.2. The van der Waals surface area contributed by atoms with Gasteiger partial charge in [-0.3, -0.25) is 14.4 Å². The highest BCUT2D eigenvalue weighted by atomic mass is 35.5. The second kappa shape index (κ2) is 11.3. The fourth-order valence-electron chi connectivity index (χ4n) is 3.87. The summed E-state index contributed by atoms with van der Waals surface area (Å²) in [5.74, 6) is 0.924. The van der Waals surface area contributed by atoms with Gasteiger partial charge in [-0.05, 0) is 42.0 Å². The topological polar surface area (TPSA) is 79.4 Å². The molecule has 190 valence electrons. The summed E-state index contributed by atoms with van der Waals surface area (Å²) in [5.41, 5.74) is 0.818. The Morgan fingerprint density at radius 1 is 1.03 bits per heavy atom. The average molecular weight is 530 g/mol. The SMILES string of the molecule is CC(=O)N1CCN(C(=O)/C=C/c2ccc(Sc3ccc4c(c3)OCC(C(=O)N(C)C)O4)c(Cl)c2)CC1. The van der Waals surface area contributed by atoms with Crippen molar-refractivity contribution < 1.29 is 23.9 Å². The van der Waals surface area contributed by atoms with Crippen LogP contribution in [0.1, 0.15) is 12.5 Å². The molecule has 0 aromatic heterocycles. The van der Waals surface area contributed by atoms with Crippen molar-refractivity contribution in [2.45, 2.75) is 22.8 Å². The van der Waals surface area contributed by atoms with Gasteiger partial charge in [0.1, 0.15) is 6.61 Å². The number of hydrogen-bond donors (Lipinski definition) is 0. The van der Waals surface area contributed by atoms with E-state index in [-0.39, 0.29) is 24.3 Å². The van der Waals surface area contributed by atoms with Gasteiger partial charge in [-0.25, -0.2) is 0 Å². The number of likely N-dealkylation sites (N-methyl/N-ethyl adjacent to an activating group) is 1. The Bertz CT molecular complexity index is 1190. The predicted molar refractivity (Wildman–Crippen MR) is 138 cm³/mol. The molecular formula is C26H28ClN3O5S. The van der Waals surface area contributed by atoms with Crippen molar-refractivity contribution >= 4 is 47.2 Å². The van der Waals surface area contributed by atoms with Crippen LogP contribution in [0.2, 0.25) is 5.02 Å². The van der Waals surface area contributed by atoms with Crippen molar-refractivity contribution in [3.05, 3.63) is 53.1 Å². The van der Waals surface area contributed by atoms with E-state index in [9.17, 15) is 14.4 Å². The predicted octanol–water partition coefficient (Wildman–Crippen LogP) is 3.42. The molecule has 2 aliphatic heterocycles. The number of benzene rings is 2. The van der Waals surface area contributed by atoms with E-state index in [1.165, 1.54) is 22.7 Å². The quantitative estimate of drug-likeness (QED) is 0.552. The number of halogens is 1. The van der Waals surface area contributed by atoms with Crippen LogP contribution in [-0.2, 0) is 14.4 Å². The average Bonchev–Trinajstić information content (AvgIpc) is 2.87.